The van der Waals surface area contributed by atoms with E-state index in [1.165, 1.54) is 0 Å². The van der Waals surface area contributed by atoms with Gasteiger partial charge < -0.3 is 5.73 Å². The highest BCUT2D eigenvalue weighted by Gasteiger charge is 2.26. The predicted molar refractivity (Wildman–Crippen MR) is 62.2 cm³/mol. The lowest BCUT2D eigenvalue weighted by Gasteiger charge is -2.09. The van der Waals surface area contributed by atoms with E-state index in [-0.39, 0.29) is 12.2 Å². The molecule has 96 valence electrons. The third-order valence-corrected chi connectivity index (χ3v) is 3.95. The molecule has 0 aromatic heterocycles. The van der Waals surface area contributed by atoms with E-state index in [1.807, 2.05) is 0 Å². The summed E-state index contributed by atoms with van der Waals surface area (Å²) in [4.78, 5) is 0.521. The summed E-state index contributed by atoms with van der Waals surface area (Å²) in [6.45, 7) is 1.71. The molecular formula is C11H14F3NOS. The van der Waals surface area contributed by atoms with E-state index in [4.69, 9.17) is 5.73 Å². The van der Waals surface area contributed by atoms with E-state index in [9.17, 15) is 17.4 Å². The van der Waals surface area contributed by atoms with Crippen LogP contribution < -0.4 is 5.73 Å². The van der Waals surface area contributed by atoms with E-state index in [2.05, 4.69) is 0 Å². The van der Waals surface area contributed by atoms with E-state index in [0.29, 0.717) is 16.1 Å². The van der Waals surface area contributed by atoms with Gasteiger partial charge in [-0.2, -0.15) is 13.2 Å². The highest BCUT2D eigenvalue weighted by molar-refractivity contribution is 7.85. The van der Waals surface area contributed by atoms with Gasteiger partial charge in [-0.3, -0.25) is 4.21 Å². The normalized spacial score (nSPS) is 13.6. The quantitative estimate of drug-likeness (QED) is 0.850. The lowest BCUT2D eigenvalue weighted by Crippen LogP contribution is -2.10. The van der Waals surface area contributed by atoms with Gasteiger partial charge in [0.25, 0.3) is 0 Å². The Bertz CT molecular complexity index is 418. The molecule has 0 radical (unpaired) electrons. The topological polar surface area (TPSA) is 43.1 Å². The summed E-state index contributed by atoms with van der Waals surface area (Å²) in [6.07, 6.45) is -5.22. The van der Waals surface area contributed by atoms with Crippen molar-refractivity contribution in [1.29, 1.82) is 0 Å². The molecule has 0 aliphatic rings. The van der Waals surface area contributed by atoms with E-state index in [1.54, 1.807) is 25.1 Å². The molecule has 0 amide bonds. The summed E-state index contributed by atoms with van der Waals surface area (Å²) in [5.41, 5.74) is 6.83. The minimum absolute atomic E-state index is 0.00377. The van der Waals surface area contributed by atoms with Gasteiger partial charge in [-0.1, -0.05) is 6.07 Å². The standard InChI is InChI=1S/C11H14F3NOS/c1-8-9(15)4-2-5-10(8)17(16)7-3-6-11(12,13)14/h2,4-5H,3,6-7,15H2,1H3. The molecule has 1 atom stereocenters. The van der Waals surface area contributed by atoms with Gasteiger partial charge in [0.05, 0.1) is 10.8 Å². The minimum Gasteiger partial charge on any atom is -0.398 e. The maximum absolute atomic E-state index is 11.9. The molecule has 0 aliphatic heterocycles. The predicted octanol–water partition coefficient (Wildman–Crippen LogP) is 3.03. The maximum Gasteiger partial charge on any atom is 0.389 e. The lowest BCUT2D eigenvalue weighted by atomic mass is 10.2. The van der Waals surface area contributed by atoms with Crippen LogP contribution >= 0.6 is 0 Å². The van der Waals surface area contributed by atoms with Crippen molar-refractivity contribution in [1.82, 2.24) is 0 Å². The second-order valence-electron chi connectivity index (χ2n) is 3.74. The number of nitrogens with two attached hydrogens (primary N) is 1. The number of hydrogen-bond donors (Lipinski definition) is 1. The van der Waals surface area contributed by atoms with Crippen LogP contribution in [0.3, 0.4) is 0 Å². The van der Waals surface area contributed by atoms with Crippen LogP contribution in [0.4, 0.5) is 18.9 Å². The first kappa shape index (κ1) is 14.0. The second kappa shape index (κ2) is 5.53. The third kappa shape index (κ3) is 4.38. The molecule has 1 rings (SSSR count). The summed E-state index contributed by atoms with van der Waals surface area (Å²) in [5, 5.41) is 0. The molecular weight excluding hydrogens is 251 g/mol. The molecule has 6 heteroatoms. The molecule has 0 spiro atoms. The van der Waals surface area contributed by atoms with Gasteiger partial charge in [0.15, 0.2) is 0 Å². The van der Waals surface area contributed by atoms with Crippen LogP contribution in [0.1, 0.15) is 18.4 Å². The van der Waals surface area contributed by atoms with Crippen LogP contribution in [0.25, 0.3) is 0 Å². The number of alkyl halides is 3. The van der Waals surface area contributed by atoms with Gasteiger partial charge in [-0.05, 0) is 31.0 Å². The van der Waals surface area contributed by atoms with E-state index >= 15 is 0 Å². The van der Waals surface area contributed by atoms with Crippen LogP contribution in [0.5, 0.6) is 0 Å². The average molecular weight is 265 g/mol. The second-order valence-corrected chi connectivity index (χ2v) is 5.28. The number of anilines is 1. The van der Waals surface area contributed by atoms with Crippen molar-refractivity contribution in [2.75, 3.05) is 11.5 Å². The molecule has 2 nitrogen and oxygen atoms in total. The Labute approximate surface area is 100 Å². The van der Waals surface area contributed by atoms with Crippen LogP contribution in [-0.2, 0) is 10.8 Å². The fourth-order valence-electron chi connectivity index (χ4n) is 1.39. The Hall–Kier alpha value is -1.04. The first-order chi connectivity index (χ1) is 7.81. The average Bonchev–Trinajstić information content (AvgIpc) is 2.20. The maximum atomic E-state index is 11.9. The van der Waals surface area contributed by atoms with Gasteiger partial charge in [0.2, 0.25) is 0 Å². The molecule has 2 N–H and O–H groups in total. The Kier molecular flexibility index (Phi) is 4.56. The minimum atomic E-state index is -4.19. The van der Waals surface area contributed by atoms with Gasteiger partial charge in [-0.15, -0.1) is 0 Å². The smallest absolute Gasteiger partial charge is 0.389 e. The fourth-order valence-corrected chi connectivity index (χ4v) is 2.71. The summed E-state index contributed by atoms with van der Waals surface area (Å²) in [6, 6.07) is 4.96. The molecule has 1 unspecified atom stereocenters. The van der Waals surface area contributed by atoms with Crippen LogP contribution in [-0.4, -0.2) is 16.1 Å². The SMILES string of the molecule is Cc1c(N)cccc1S(=O)CCCC(F)(F)F. The van der Waals surface area contributed by atoms with Crippen molar-refractivity contribution in [2.24, 2.45) is 0 Å². The van der Waals surface area contributed by atoms with Gasteiger partial charge in [0, 0.05) is 22.8 Å². The zero-order valence-electron chi connectivity index (χ0n) is 9.38. The molecule has 0 bridgehead atoms. The van der Waals surface area contributed by atoms with Crippen LogP contribution in [0.2, 0.25) is 0 Å². The third-order valence-electron chi connectivity index (χ3n) is 2.36. The van der Waals surface area contributed by atoms with Crippen molar-refractivity contribution in [3.05, 3.63) is 23.8 Å². The highest BCUT2D eigenvalue weighted by atomic mass is 32.2. The van der Waals surface area contributed by atoms with E-state index in [0.717, 1.165) is 0 Å². The Balaban J connectivity index is 2.62. The molecule has 1 aromatic rings. The molecule has 17 heavy (non-hydrogen) atoms. The number of benzene rings is 1. The number of rotatable bonds is 4. The fraction of sp³-hybridized carbons (Fsp3) is 0.455. The van der Waals surface area contributed by atoms with Crippen LogP contribution in [0.15, 0.2) is 23.1 Å². The van der Waals surface area contributed by atoms with Crippen molar-refractivity contribution < 1.29 is 17.4 Å². The molecule has 0 saturated carbocycles. The van der Waals surface area contributed by atoms with Gasteiger partial charge in [0.1, 0.15) is 0 Å². The zero-order valence-corrected chi connectivity index (χ0v) is 10.2. The van der Waals surface area contributed by atoms with Crippen LogP contribution in [0, 0.1) is 6.92 Å². The number of halogens is 3. The molecule has 0 heterocycles. The molecule has 1 aromatic carbocycles. The molecule has 0 saturated heterocycles. The highest BCUT2D eigenvalue weighted by Crippen LogP contribution is 2.23. The summed E-state index contributed by atoms with van der Waals surface area (Å²) < 4.78 is 47.6. The summed E-state index contributed by atoms with van der Waals surface area (Å²) in [7, 11) is -1.42. The summed E-state index contributed by atoms with van der Waals surface area (Å²) in [5.74, 6) is 0.00377. The Morgan fingerprint density at radius 2 is 2.00 bits per heavy atom. The first-order valence-electron chi connectivity index (χ1n) is 5.11. The largest absolute Gasteiger partial charge is 0.398 e. The van der Waals surface area contributed by atoms with Crippen molar-refractivity contribution in [3.63, 3.8) is 0 Å². The molecule has 0 fully saturated rings. The Morgan fingerprint density at radius 1 is 1.35 bits per heavy atom. The van der Waals surface area contributed by atoms with Gasteiger partial charge in [-0.25, -0.2) is 0 Å². The molecule has 0 aliphatic carbocycles. The Morgan fingerprint density at radius 3 is 2.59 bits per heavy atom. The summed E-state index contributed by atoms with van der Waals surface area (Å²) >= 11 is 0. The first-order valence-corrected chi connectivity index (χ1v) is 6.43. The van der Waals surface area contributed by atoms with Gasteiger partial charge >= 0.3 is 6.18 Å². The number of nitrogen functional groups attached to an aromatic ring is 1. The van der Waals surface area contributed by atoms with Crippen molar-refractivity contribution in [2.45, 2.75) is 30.8 Å². The lowest BCUT2D eigenvalue weighted by molar-refractivity contribution is -0.134. The number of hydrogen-bond acceptors (Lipinski definition) is 2. The monoisotopic (exact) mass is 265 g/mol. The van der Waals surface area contributed by atoms with Crippen molar-refractivity contribution >= 4 is 16.5 Å². The zero-order chi connectivity index (χ0) is 13.1. The van der Waals surface area contributed by atoms with Crippen molar-refractivity contribution in [3.8, 4) is 0 Å². The van der Waals surface area contributed by atoms with E-state index < -0.39 is 23.4 Å².